The Bertz CT molecular complexity index is 142. The van der Waals surface area contributed by atoms with Crippen LogP contribution >= 0.6 is 0 Å². The van der Waals surface area contributed by atoms with Gasteiger partial charge in [0.15, 0.2) is 0 Å². The van der Waals surface area contributed by atoms with Crippen LogP contribution in [0.25, 0.3) is 0 Å². The molecule has 0 saturated carbocycles. The summed E-state index contributed by atoms with van der Waals surface area (Å²) in [6.07, 6.45) is 12.9. The minimum atomic E-state index is 1.03. The second-order valence-corrected chi connectivity index (χ2v) is 5.15. The van der Waals surface area contributed by atoms with Crippen LogP contribution in [0.15, 0.2) is 12.2 Å². The second kappa shape index (κ2) is 8.05. The molecular formula is C13H28N+. The van der Waals surface area contributed by atoms with Crippen LogP contribution in [0.5, 0.6) is 0 Å². The summed E-state index contributed by atoms with van der Waals surface area (Å²) in [7, 11) is 6.68. The molecule has 0 saturated heterocycles. The third kappa shape index (κ3) is 11.7. The zero-order chi connectivity index (χ0) is 10.9. The number of allylic oxidation sites excluding steroid dienone is 1. The molecule has 0 fully saturated rings. The van der Waals surface area contributed by atoms with Gasteiger partial charge in [-0.25, -0.2) is 0 Å². The first-order valence-electron chi connectivity index (χ1n) is 6.01. The predicted octanol–water partition coefficient (Wildman–Crippen LogP) is 3.61. The van der Waals surface area contributed by atoms with E-state index in [1.807, 2.05) is 0 Å². The molecule has 0 bridgehead atoms. The van der Waals surface area contributed by atoms with Crippen LogP contribution in [0.4, 0.5) is 0 Å². The lowest BCUT2D eigenvalue weighted by molar-refractivity contribution is -0.864. The molecular weight excluding hydrogens is 170 g/mol. The fourth-order valence-corrected chi connectivity index (χ4v) is 1.37. The number of hydrogen-bond acceptors (Lipinski definition) is 0. The second-order valence-electron chi connectivity index (χ2n) is 5.15. The fraction of sp³-hybridized carbons (Fsp3) is 0.846. The van der Waals surface area contributed by atoms with E-state index in [2.05, 4.69) is 40.2 Å². The molecule has 0 rings (SSSR count). The molecule has 0 spiro atoms. The normalized spacial score (nSPS) is 12.6. The van der Waals surface area contributed by atoms with E-state index in [0.717, 1.165) is 11.0 Å². The Hall–Kier alpha value is -0.300. The van der Waals surface area contributed by atoms with Crippen molar-refractivity contribution in [2.45, 2.75) is 45.4 Å². The van der Waals surface area contributed by atoms with Crippen molar-refractivity contribution < 1.29 is 4.48 Å². The summed E-state index contributed by atoms with van der Waals surface area (Å²) in [4.78, 5) is 0. The Morgan fingerprint density at radius 3 is 2.07 bits per heavy atom. The molecule has 0 atom stereocenters. The maximum Gasteiger partial charge on any atom is 0.0967 e. The highest BCUT2D eigenvalue weighted by molar-refractivity contribution is 4.81. The highest BCUT2D eigenvalue weighted by atomic mass is 15.3. The zero-order valence-corrected chi connectivity index (χ0v) is 10.6. The monoisotopic (exact) mass is 198 g/mol. The first kappa shape index (κ1) is 13.7. The topological polar surface area (TPSA) is 0 Å². The SMILES string of the molecule is CCCCCCCC=CC[N+](C)(C)C. The maximum atomic E-state index is 2.34. The molecule has 0 unspecified atom stereocenters. The van der Waals surface area contributed by atoms with Crippen LogP contribution in [0.2, 0.25) is 0 Å². The van der Waals surface area contributed by atoms with Gasteiger partial charge in [-0.2, -0.15) is 0 Å². The highest BCUT2D eigenvalue weighted by Crippen LogP contribution is 2.05. The van der Waals surface area contributed by atoms with E-state index in [9.17, 15) is 0 Å². The van der Waals surface area contributed by atoms with E-state index in [0.29, 0.717) is 0 Å². The van der Waals surface area contributed by atoms with E-state index >= 15 is 0 Å². The largest absolute Gasteiger partial charge is 0.328 e. The standard InChI is InChI=1S/C13H28N/c1-5-6-7-8-9-10-11-12-13-14(2,3)4/h11-12H,5-10,13H2,1-4H3/q+1. The van der Waals surface area contributed by atoms with Crippen molar-refractivity contribution in [2.75, 3.05) is 27.7 Å². The Morgan fingerprint density at radius 1 is 0.857 bits per heavy atom. The first-order chi connectivity index (χ1) is 6.56. The van der Waals surface area contributed by atoms with Crippen molar-refractivity contribution in [2.24, 2.45) is 0 Å². The van der Waals surface area contributed by atoms with Gasteiger partial charge in [-0.3, -0.25) is 0 Å². The van der Waals surface area contributed by atoms with E-state index in [1.165, 1.54) is 38.5 Å². The van der Waals surface area contributed by atoms with E-state index in [4.69, 9.17) is 0 Å². The Balaban J connectivity index is 3.19. The molecule has 0 aliphatic rings. The van der Waals surface area contributed by atoms with Crippen molar-refractivity contribution in [1.29, 1.82) is 0 Å². The summed E-state index contributed by atoms with van der Waals surface area (Å²) >= 11 is 0. The van der Waals surface area contributed by atoms with Gasteiger partial charge < -0.3 is 4.48 Å². The number of rotatable bonds is 8. The lowest BCUT2D eigenvalue weighted by Gasteiger charge is -2.21. The van der Waals surface area contributed by atoms with Gasteiger partial charge in [-0.1, -0.05) is 38.7 Å². The molecule has 0 radical (unpaired) electrons. The first-order valence-corrected chi connectivity index (χ1v) is 6.01. The maximum absolute atomic E-state index is 2.34. The number of hydrogen-bond donors (Lipinski definition) is 0. The van der Waals surface area contributed by atoms with Crippen LogP contribution in [0, 0.1) is 0 Å². The summed E-state index contributed by atoms with van der Waals surface area (Å²) in [5.74, 6) is 0. The van der Waals surface area contributed by atoms with Crippen molar-refractivity contribution in [1.82, 2.24) is 0 Å². The van der Waals surface area contributed by atoms with Crippen molar-refractivity contribution >= 4 is 0 Å². The number of likely N-dealkylation sites (N-methyl/N-ethyl adjacent to an activating group) is 1. The molecule has 14 heavy (non-hydrogen) atoms. The van der Waals surface area contributed by atoms with Gasteiger partial charge in [-0.15, -0.1) is 0 Å². The number of nitrogens with zero attached hydrogens (tertiary/aromatic N) is 1. The molecule has 0 aromatic carbocycles. The Kier molecular flexibility index (Phi) is 7.87. The lowest BCUT2D eigenvalue weighted by atomic mass is 10.1. The van der Waals surface area contributed by atoms with Crippen LogP contribution < -0.4 is 0 Å². The summed E-state index contributed by atoms with van der Waals surface area (Å²) < 4.78 is 1.03. The van der Waals surface area contributed by atoms with Gasteiger partial charge in [0, 0.05) is 0 Å². The molecule has 0 aromatic rings. The van der Waals surface area contributed by atoms with Crippen LogP contribution in [0.1, 0.15) is 45.4 Å². The van der Waals surface area contributed by atoms with Gasteiger partial charge in [-0.05, 0) is 18.9 Å². The average molecular weight is 198 g/mol. The van der Waals surface area contributed by atoms with Gasteiger partial charge >= 0.3 is 0 Å². The van der Waals surface area contributed by atoms with Gasteiger partial charge in [0.25, 0.3) is 0 Å². The minimum Gasteiger partial charge on any atom is -0.328 e. The molecule has 0 N–H and O–H groups in total. The summed E-state index contributed by atoms with van der Waals surface area (Å²) in [6, 6.07) is 0. The van der Waals surface area contributed by atoms with Gasteiger partial charge in [0.1, 0.15) is 0 Å². The van der Waals surface area contributed by atoms with Crippen LogP contribution in [-0.4, -0.2) is 32.2 Å². The molecule has 1 nitrogen and oxygen atoms in total. The summed E-state index contributed by atoms with van der Waals surface area (Å²) in [5, 5.41) is 0. The number of quaternary nitrogens is 1. The Labute approximate surface area is 90.4 Å². The lowest BCUT2D eigenvalue weighted by Crippen LogP contribution is -2.34. The van der Waals surface area contributed by atoms with Crippen molar-refractivity contribution in [3.8, 4) is 0 Å². The molecule has 1 heteroatoms. The van der Waals surface area contributed by atoms with Gasteiger partial charge in [0.05, 0.1) is 27.7 Å². The fourth-order valence-electron chi connectivity index (χ4n) is 1.37. The van der Waals surface area contributed by atoms with E-state index in [-0.39, 0.29) is 0 Å². The molecule has 0 amide bonds. The van der Waals surface area contributed by atoms with E-state index < -0.39 is 0 Å². The molecule has 0 aromatic heterocycles. The summed E-state index contributed by atoms with van der Waals surface area (Å²) in [5.41, 5.74) is 0. The Morgan fingerprint density at radius 2 is 1.50 bits per heavy atom. The predicted molar refractivity (Wildman–Crippen MR) is 65.4 cm³/mol. The van der Waals surface area contributed by atoms with E-state index in [1.54, 1.807) is 0 Å². The van der Waals surface area contributed by atoms with Crippen molar-refractivity contribution in [3.05, 3.63) is 12.2 Å². The van der Waals surface area contributed by atoms with Gasteiger partial charge in [0.2, 0.25) is 0 Å². The smallest absolute Gasteiger partial charge is 0.0967 e. The highest BCUT2D eigenvalue weighted by Gasteiger charge is 2.00. The third-order valence-electron chi connectivity index (χ3n) is 2.29. The average Bonchev–Trinajstić information content (AvgIpc) is 2.08. The van der Waals surface area contributed by atoms with Crippen LogP contribution in [0.3, 0.4) is 0 Å². The molecule has 0 heterocycles. The minimum absolute atomic E-state index is 1.03. The van der Waals surface area contributed by atoms with Crippen molar-refractivity contribution in [3.63, 3.8) is 0 Å². The quantitative estimate of drug-likeness (QED) is 0.317. The molecule has 84 valence electrons. The summed E-state index contributed by atoms with van der Waals surface area (Å²) in [6.45, 7) is 3.41. The third-order valence-corrected chi connectivity index (χ3v) is 2.29. The zero-order valence-electron chi connectivity index (χ0n) is 10.6. The van der Waals surface area contributed by atoms with Crippen LogP contribution in [-0.2, 0) is 0 Å². The molecule has 0 aliphatic carbocycles. The molecule has 0 aliphatic heterocycles. The number of unbranched alkanes of at least 4 members (excludes halogenated alkanes) is 5.